The molecule has 0 N–H and O–H groups in total. The molecule has 2 aliphatic rings. The molecule has 1 aromatic heterocycles. The second-order valence-electron chi connectivity index (χ2n) is 8.90. The number of fused-ring (bicyclic) bond motifs is 3. The molecule has 0 amide bonds. The Morgan fingerprint density at radius 1 is 1.00 bits per heavy atom. The second kappa shape index (κ2) is 10.0. The van der Waals surface area contributed by atoms with Crippen LogP contribution in [0.2, 0.25) is 0 Å². The van der Waals surface area contributed by atoms with Crippen LogP contribution in [-0.4, -0.2) is 18.8 Å². The summed E-state index contributed by atoms with van der Waals surface area (Å²) in [6.07, 6.45) is 3.77. The molecule has 5 nitrogen and oxygen atoms in total. The lowest BCUT2D eigenvalue weighted by molar-refractivity contribution is 0.409. The van der Waals surface area contributed by atoms with E-state index in [1.54, 1.807) is 14.2 Å². The Kier molecular flexibility index (Phi) is 6.74. The molecule has 1 atom stereocenters. The van der Waals surface area contributed by atoms with Crippen molar-refractivity contribution < 1.29 is 9.47 Å². The van der Waals surface area contributed by atoms with Crippen LogP contribution in [0.15, 0.2) is 76.0 Å². The van der Waals surface area contributed by atoms with E-state index in [9.17, 15) is 4.79 Å². The predicted molar refractivity (Wildman–Crippen MR) is 164 cm³/mol. The molecule has 0 bridgehead atoms. The van der Waals surface area contributed by atoms with E-state index in [0.29, 0.717) is 4.53 Å². The number of aryl methyl sites for hydroxylation is 1. The van der Waals surface area contributed by atoms with Crippen LogP contribution in [0.5, 0.6) is 11.5 Å². The van der Waals surface area contributed by atoms with Crippen LogP contribution in [-0.2, 0) is 6.42 Å². The second-order valence-corrected chi connectivity index (χ2v) is 12.2. The average Bonchev–Trinajstić information content (AvgIpc) is 3.21. The Bertz CT molecular complexity index is 1730. The quantitative estimate of drug-likeness (QED) is 0.259. The van der Waals surface area contributed by atoms with E-state index in [0.717, 1.165) is 53.1 Å². The van der Waals surface area contributed by atoms with Crippen molar-refractivity contribution in [1.29, 1.82) is 0 Å². The van der Waals surface area contributed by atoms with Crippen LogP contribution in [0.1, 0.15) is 34.7 Å². The van der Waals surface area contributed by atoms with Crippen LogP contribution in [0.25, 0.3) is 11.8 Å². The SMILES string of the molecule is COc1ccc([C@@H]2C3=C(N=c4s/c(=C/c5cc(I)c(OC)c(I)c5)c(=O)n42)c2ccccc2CC3)cc1. The summed E-state index contributed by atoms with van der Waals surface area (Å²) >= 11 is 6.00. The third-order valence-electron chi connectivity index (χ3n) is 6.83. The van der Waals surface area contributed by atoms with Crippen molar-refractivity contribution in [1.82, 2.24) is 4.57 Å². The van der Waals surface area contributed by atoms with Crippen LogP contribution in [0.4, 0.5) is 0 Å². The van der Waals surface area contributed by atoms with Crippen LogP contribution in [0.3, 0.4) is 0 Å². The zero-order chi connectivity index (χ0) is 25.7. The van der Waals surface area contributed by atoms with Crippen molar-refractivity contribution in [2.45, 2.75) is 18.9 Å². The third-order valence-corrected chi connectivity index (χ3v) is 9.41. The largest absolute Gasteiger partial charge is 0.497 e. The molecule has 0 radical (unpaired) electrons. The zero-order valence-electron chi connectivity index (χ0n) is 20.1. The third kappa shape index (κ3) is 4.36. The standard InChI is InChI=1S/C29H22I2N2O3S/c1-35-19-10-7-18(8-11-19)26-21-12-9-17-5-3-4-6-20(17)25(21)32-29-33(26)28(34)24(37-29)15-16-13-22(30)27(36-2)23(31)14-16/h3-8,10-11,13-15,26H,9,12H2,1-2H3/b24-15+/t26-/m1/s1. The van der Waals surface area contributed by atoms with Gasteiger partial charge in [-0.25, -0.2) is 4.99 Å². The van der Waals surface area contributed by atoms with Gasteiger partial charge in [0.1, 0.15) is 11.5 Å². The molecule has 0 unspecified atom stereocenters. The number of allylic oxidation sites excluding steroid dienone is 1. The number of rotatable bonds is 4. The molecule has 8 heteroatoms. The first-order chi connectivity index (χ1) is 18.0. The number of thiazole rings is 1. The summed E-state index contributed by atoms with van der Waals surface area (Å²) in [6.45, 7) is 0. The summed E-state index contributed by atoms with van der Waals surface area (Å²) in [5.74, 6) is 1.65. The van der Waals surface area contributed by atoms with Crippen molar-refractivity contribution >= 4 is 68.3 Å². The van der Waals surface area contributed by atoms with E-state index in [1.807, 2.05) is 34.9 Å². The van der Waals surface area contributed by atoms with E-state index < -0.39 is 0 Å². The van der Waals surface area contributed by atoms with Gasteiger partial charge in [0.15, 0.2) is 4.80 Å². The van der Waals surface area contributed by atoms with Gasteiger partial charge < -0.3 is 9.47 Å². The summed E-state index contributed by atoms with van der Waals surface area (Å²) in [7, 11) is 3.34. The number of hydrogen-bond acceptors (Lipinski definition) is 5. The molecule has 1 aliphatic carbocycles. The first kappa shape index (κ1) is 24.9. The van der Waals surface area contributed by atoms with Gasteiger partial charge in [0, 0.05) is 5.56 Å². The van der Waals surface area contributed by atoms with Gasteiger partial charge in [-0.05, 0) is 111 Å². The van der Waals surface area contributed by atoms with Crippen molar-refractivity contribution in [3.63, 3.8) is 0 Å². The Morgan fingerprint density at radius 2 is 1.73 bits per heavy atom. The topological polar surface area (TPSA) is 52.8 Å². The van der Waals surface area contributed by atoms with Crippen molar-refractivity contribution in [3.8, 4) is 11.5 Å². The number of methoxy groups -OCH3 is 2. The molecule has 1 aliphatic heterocycles. The molecule has 37 heavy (non-hydrogen) atoms. The summed E-state index contributed by atoms with van der Waals surface area (Å²) < 4.78 is 15.5. The van der Waals surface area contributed by atoms with Gasteiger partial charge in [-0.15, -0.1) is 0 Å². The molecule has 3 aromatic carbocycles. The maximum atomic E-state index is 13.9. The van der Waals surface area contributed by atoms with E-state index >= 15 is 0 Å². The zero-order valence-corrected chi connectivity index (χ0v) is 25.3. The van der Waals surface area contributed by atoms with E-state index in [-0.39, 0.29) is 11.6 Å². The van der Waals surface area contributed by atoms with E-state index in [1.165, 1.54) is 28.0 Å². The highest BCUT2D eigenvalue weighted by Crippen LogP contribution is 2.41. The van der Waals surface area contributed by atoms with Crippen molar-refractivity contribution in [3.05, 3.63) is 115 Å². The van der Waals surface area contributed by atoms with Crippen molar-refractivity contribution in [2.75, 3.05) is 14.2 Å². The fourth-order valence-corrected chi connectivity index (χ4v) is 8.38. The Hall–Kier alpha value is -2.44. The number of halogens is 2. The highest BCUT2D eigenvalue weighted by atomic mass is 127. The molecule has 0 saturated carbocycles. The number of nitrogens with zero attached hydrogens (tertiary/aromatic N) is 2. The van der Waals surface area contributed by atoms with Gasteiger partial charge in [0.05, 0.1) is 37.6 Å². The summed E-state index contributed by atoms with van der Waals surface area (Å²) in [6, 6.07) is 20.4. The van der Waals surface area contributed by atoms with E-state index in [4.69, 9.17) is 14.5 Å². The van der Waals surface area contributed by atoms with Gasteiger partial charge in [-0.2, -0.15) is 0 Å². The molecule has 0 spiro atoms. The molecule has 2 heterocycles. The van der Waals surface area contributed by atoms with Crippen LogP contribution < -0.4 is 24.4 Å². The van der Waals surface area contributed by atoms with Gasteiger partial charge >= 0.3 is 0 Å². The average molecular weight is 732 g/mol. The molecule has 6 rings (SSSR count). The highest BCUT2D eigenvalue weighted by Gasteiger charge is 2.32. The molecule has 4 aromatic rings. The number of ether oxygens (including phenoxy) is 2. The van der Waals surface area contributed by atoms with Crippen molar-refractivity contribution in [2.24, 2.45) is 4.99 Å². The predicted octanol–water partition coefficient (Wildman–Crippen LogP) is 5.55. The molecule has 0 saturated heterocycles. The molecule has 186 valence electrons. The summed E-state index contributed by atoms with van der Waals surface area (Å²) in [5, 5.41) is 0. The smallest absolute Gasteiger partial charge is 0.271 e. The fraction of sp³-hybridized carbons (Fsp3) is 0.172. The maximum absolute atomic E-state index is 13.9. The Morgan fingerprint density at radius 3 is 2.43 bits per heavy atom. The lowest BCUT2D eigenvalue weighted by Gasteiger charge is -2.30. The Balaban J connectivity index is 1.59. The fourth-order valence-electron chi connectivity index (χ4n) is 5.12. The number of benzene rings is 3. The molecule has 0 fully saturated rings. The summed E-state index contributed by atoms with van der Waals surface area (Å²) in [4.78, 5) is 19.8. The maximum Gasteiger partial charge on any atom is 0.271 e. The first-order valence-electron chi connectivity index (χ1n) is 11.8. The lowest BCUT2D eigenvalue weighted by atomic mass is 9.83. The van der Waals surface area contributed by atoms with Gasteiger partial charge in [0.2, 0.25) is 0 Å². The Labute approximate surface area is 245 Å². The minimum Gasteiger partial charge on any atom is -0.497 e. The monoisotopic (exact) mass is 732 g/mol. The lowest BCUT2D eigenvalue weighted by Crippen LogP contribution is -2.38. The highest BCUT2D eigenvalue weighted by molar-refractivity contribution is 14.1. The van der Waals surface area contributed by atoms with E-state index in [2.05, 4.69) is 81.6 Å². The molecular weight excluding hydrogens is 710 g/mol. The summed E-state index contributed by atoms with van der Waals surface area (Å²) in [5.41, 5.74) is 6.68. The van der Waals surface area contributed by atoms with Gasteiger partial charge in [-0.3, -0.25) is 9.36 Å². The number of aromatic nitrogens is 1. The van der Waals surface area contributed by atoms with Gasteiger partial charge in [-0.1, -0.05) is 47.7 Å². The van der Waals surface area contributed by atoms with Crippen LogP contribution >= 0.6 is 56.5 Å². The normalized spacial score (nSPS) is 16.5. The minimum absolute atomic E-state index is 0.0178. The van der Waals surface area contributed by atoms with Crippen LogP contribution in [0, 0.1) is 7.14 Å². The first-order valence-corrected chi connectivity index (χ1v) is 14.8. The van der Waals surface area contributed by atoms with Gasteiger partial charge in [0.25, 0.3) is 5.56 Å². The molecular formula is C29H22I2N2O3S. The number of hydrogen-bond donors (Lipinski definition) is 0. The minimum atomic E-state index is -0.205.